The smallest absolute Gasteiger partial charge is 0.257 e. The van der Waals surface area contributed by atoms with Gasteiger partial charge in [-0.15, -0.1) is 0 Å². The summed E-state index contributed by atoms with van der Waals surface area (Å²) in [5, 5.41) is 6.76. The van der Waals surface area contributed by atoms with Crippen molar-refractivity contribution in [3.63, 3.8) is 0 Å². The Morgan fingerprint density at radius 2 is 2.14 bits per heavy atom. The van der Waals surface area contributed by atoms with Gasteiger partial charge >= 0.3 is 0 Å². The van der Waals surface area contributed by atoms with Gasteiger partial charge in [0.05, 0.1) is 10.6 Å². The molecule has 1 aliphatic heterocycles. The van der Waals surface area contributed by atoms with Crippen LogP contribution in [0.1, 0.15) is 21.5 Å². The fraction of sp³-hybridized carbons (Fsp3) is 0.188. The van der Waals surface area contributed by atoms with Crippen LogP contribution in [0, 0.1) is 0 Å². The van der Waals surface area contributed by atoms with Gasteiger partial charge in [0.1, 0.15) is 0 Å². The van der Waals surface area contributed by atoms with Gasteiger partial charge in [-0.2, -0.15) is 0 Å². The Balaban J connectivity index is 1.90. The fourth-order valence-electron chi connectivity index (χ4n) is 2.51. The number of fused-ring (bicyclic) bond motifs is 1. The number of nitrogens with one attached hydrogen (secondary N) is 2. The minimum atomic E-state index is -0.187. The molecule has 0 unspecified atom stereocenters. The first kappa shape index (κ1) is 14.6. The maximum atomic E-state index is 12.4. The number of hydrogen-bond acceptors (Lipinski definition) is 2. The van der Waals surface area contributed by atoms with Crippen LogP contribution in [0.3, 0.4) is 0 Å². The minimum absolute atomic E-state index is 0.187. The zero-order chi connectivity index (χ0) is 14.8. The first-order valence-corrected chi connectivity index (χ1v) is 7.90. The summed E-state index contributed by atoms with van der Waals surface area (Å²) in [6.07, 6.45) is 0.915. The van der Waals surface area contributed by atoms with Crippen molar-refractivity contribution in [2.75, 3.05) is 11.9 Å². The van der Waals surface area contributed by atoms with E-state index < -0.39 is 0 Å². The molecule has 0 aromatic heterocycles. The standard InChI is InChI=1S/C16H14BrClN2O/c17-11-4-5-14(18)13(8-11)16(21)20-15-3-1-2-10-9-19-7-6-12(10)15/h1-5,8,19H,6-7,9H2,(H,20,21). The Bertz CT molecular complexity index is 703. The van der Waals surface area contributed by atoms with Crippen molar-refractivity contribution in [3.05, 3.63) is 62.6 Å². The molecular formula is C16H14BrClN2O. The molecule has 0 radical (unpaired) electrons. The average Bonchev–Trinajstić information content (AvgIpc) is 2.50. The Morgan fingerprint density at radius 3 is 3.00 bits per heavy atom. The summed E-state index contributed by atoms with van der Waals surface area (Å²) in [4.78, 5) is 12.4. The summed E-state index contributed by atoms with van der Waals surface area (Å²) in [5.74, 6) is -0.187. The van der Waals surface area contributed by atoms with Crippen molar-refractivity contribution < 1.29 is 4.79 Å². The van der Waals surface area contributed by atoms with Gasteiger partial charge in [-0.25, -0.2) is 0 Å². The molecule has 3 rings (SSSR count). The molecule has 3 nitrogen and oxygen atoms in total. The highest BCUT2D eigenvalue weighted by Gasteiger charge is 2.16. The van der Waals surface area contributed by atoms with Gasteiger partial charge < -0.3 is 10.6 Å². The van der Waals surface area contributed by atoms with Crippen LogP contribution in [-0.4, -0.2) is 12.5 Å². The zero-order valence-corrected chi connectivity index (χ0v) is 13.6. The molecule has 108 valence electrons. The molecule has 2 N–H and O–H groups in total. The normalized spacial score (nSPS) is 13.6. The topological polar surface area (TPSA) is 41.1 Å². The molecule has 0 saturated carbocycles. The van der Waals surface area contributed by atoms with E-state index in [4.69, 9.17) is 11.6 Å². The highest BCUT2D eigenvalue weighted by molar-refractivity contribution is 9.10. The molecule has 1 aliphatic rings. The third-order valence-corrected chi connectivity index (χ3v) is 4.38. The van der Waals surface area contributed by atoms with Crippen molar-refractivity contribution in [3.8, 4) is 0 Å². The summed E-state index contributed by atoms with van der Waals surface area (Å²) in [7, 11) is 0. The van der Waals surface area contributed by atoms with E-state index in [0.29, 0.717) is 10.6 Å². The van der Waals surface area contributed by atoms with Crippen molar-refractivity contribution in [2.45, 2.75) is 13.0 Å². The Labute approximate surface area is 136 Å². The minimum Gasteiger partial charge on any atom is -0.322 e. The SMILES string of the molecule is O=C(Nc1cccc2c1CCNC2)c1cc(Br)ccc1Cl. The second-order valence-corrected chi connectivity index (χ2v) is 6.27. The van der Waals surface area contributed by atoms with Crippen LogP contribution >= 0.6 is 27.5 Å². The molecule has 1 amide bonds. The molecule has 5 heteroatoms. The Kier molecular flexibility index (Phi) is 4.29. The van der Waals surface area contributed by atoms with E-state index >= 15 is 0 Å². The Hall–Kier alpha value is -1.36. The molecule has 0 bridgehead atoms. The van der Waals surface area contributed by atoms with E-state index in [1.807, 2.05) is 18.2 Å². The summed E-state index contributed by atoms with van der Waals surface area (Å²) in [6, 6.07) is 11.2. The lowest BCUT2D eigenvalue weighted by Crippen LogP contribution is -2.25. The van der Waals surface area contributed by atoms with E-state index in [2.05, 4.69) is 32.6 Å². The van der Waals surface area contributed by atoms with E-state index in [-0.39, 0.29) is 5.91 Å². The number of hydrogen-bond donors (Lipinski definition) is 2. The number of amides is 1. The Morgan fingerprint density at radius 1 is 1.29 bits per heavy atom. The van der Waals surface area contributed by atoms with Gasteiger partial charge in [-0.1, -0.05) is 39.7 Å². The summed E-state index contributed by atoms with van der Waals surface area (Å²) in [6.45, 7) is 1.77. The number of carbonyl (C=O) groups excluding carboxylic acids is 1. The van der Waals surface area contributed by atoms with Crippen molar-refractivity contribution in [1.82, 2.24) is 5.32 Å². The van der Waals surface area contributed by atoms with E-state index in [1.54, 1.807) is 12.1 Å². The number of anilines is 1. The molecule has 1 heterocycles. The predicted molar refractivity (Wildman–Crippen MR) is 89.0 cm³/mol. The van der Waals surface area contributed by atoms with Crippen LogP contribution in [-0.2, 0) is 13.0 Å². The lowest BCUT2D eigenvalue weighted by Gasteiger charge is -2.20. The lowest BCUT2D eigenvalue weighted by atomic mass is 9.99. The summed E-state index contributed by atoms with van der Waals surface area (Å²) in [5.41, 5.74) is 3.78. The number of rotatable bonds is 2. The molecule has 21 heavy (non-hydrogen) atoms. The monoisotopic (exact) mass is 364 g/mol. The van der Waals surface area contributed by atoms with Crippen molar-refractivity contribution >= 4 is 39.1 Å². The quantitative estimate of drug-likeness (QED) is 0.844. The lowest BCUT2D eigenvalue weighted by molar-refractivity contribution is 0.102. The molecule has 2 aromatic rings. The highest BCUT2D eigenvalue weighted by Crippen LogP contribution is 2.26. The third-order valence-electron chi connectivity index (χ3n) is 3.56. The van der Waals surface area contributed by atoms with Gasteiger partial charge in [0, 0.05) is 16.7 Å². The maximum Gasteiger partial charge on any atom is 0.257 e. The van der Waals surface area contributed by atoms with E-state index in [1.165, 1.54) is 11.1 Å². The first-order valence-electron chi connectivity index (χ1n) is 6.73. The van der Waals surface area contributed by atoms with Crippen molar-refractivity contribution in [2.24, 2.45) is 0 Å². The van der Waals surface area contributed by atoms with Gasteiger partial charge in [0.15, 0.2) is 0 Å². The van der Waals surface area contributed by atoms with E-state index in [0.717, 1.165) is 29.7 Å². The first-order chi connectivity index (χ1) is 10.1. The van der Waals surface area contributed by atoms with Gasteiger partial charge in [0.25, 0.3) is 5.91 Å². The molecule has 0 saturated heterocycles. The molecule has 2 aromatic carbocycles. The molecule has 0 aliphatic carbocycles. The van der Waals surface area contributed by atoms with Crippen LogP contribution < -0.4 is 10.6 Å². The molecule has 0 atom stereocenters. The van der Waals surface area contributed by atoms with Crippen molar-refractivity contribution in [1.29, 1.82) is 0 Å². The molecule has 0 fully saturated rings. The highest BCUT2D eigenvalue weighted by atomic mass is 79.9. The zero-order valence-electron chi connectivity index (χ0n) is 11.2. The van der Waals surface area contributed by atoms with Gasteiger partial charge in [-0.05, 0) is 48.4 Å². The van der Waals surface area contributed by atoms with Crippen LogP contribution in [0.25, 0.3) is 0 Å². The fourth-order valence-corrected chi connectivity index (χ4v) is 3.07. The second kappa shape index (κ2) is 6.18. The summed E-state index contributed by atoms with van der Waals surface area (Å²) >= 11 is 9.47. The number of carbonyl (C=O) groups is 1. The van der Waals surface area contributed by atoms with E-state index in [9.17, 15) is 4.79 Å². The third kappa shape index (κ3) is 3.12. The summed E-state index contributed by atoms with van der Waals surface area (Å²) < 4.78 is 0.830. The predicted octanol–water partition coefficient (Wildman–Crippen LogP) is 4.00. The maximum absolute atomic E-state index is 12.4. The van der Waals surface area contributed by atoms with Crippen LogP contribution in [0.4, 0.5) is 5.69 Å². The largest absolute Gasteiger partial charge is 0.322 e. The molecule has 0 spiro atoms. The number of benzene rings is 2. The van der Waals surface area contributed by atoms with Crippen LogP contribution in [0.2, 0.25) is 5.02 Å². The van der Waals surface area contributed by atoms with Gasteiger partial charge in [0.2, 0.25) is 0 Å². The van der Waals surface area contributed by atoms with Crippen LogP contribution in [0.15, 0.2) is 40.9 Å². The van der Waals surface area contributed by atoms with Crippen LogP contribution in [0.5, 0.6) is 0 Å². The average molecular weight is 366 g/mol. The second-order valence-electron chi connectivity index (χ2n) is 4.95. The molecular weight excluding hydrogens is 352 g/mol. The number of halogens is 2. The van der Waals surface area contributed by atoms with Gasteiger partial charge in [-0.3, -0.25) is 4.79 Å².